The van der Waals surface area contributed by atoms with Crippen LogP contribution in [0, 0.1) is 17.6 Å². The number of anilines is 1. The van der Waals surface area contributed by atoms with E-state index in [9.17, 15) is 23.5 Å². The number of aliphatic hydroxyl groups is 1. The lowest BCUT2D eigenvalue weighted by Gasteiger charge is -2.37. The van der Waals surface area contributed by atoms with Crippen molar-refractivity contribution in [2.75, 3.05) is 32.1 Å². The number of benzene rings is 2. The lowest BCUT2D eigenvalue weighted by molar-refractivity contribution is 0.0356. The Hall–Kier alpha value is -4.05. The molecule has 2 N–H and O–H groups in total. The van der Waals surface area contributed by atoms with Gasteiger partial charge in [0, 0.05) is 31.3 Å². The zero-order valence-corrected chi connectivity index (χ0v) is 21.4. The van der Waals surface area contributed by atoms with Crippen LogP contribution in [0.4, 0.5) is 19.3 Å². The van der Waals surface area contributed by atoms with Gasteiger partial charge in [-0.3, -0.25) is 4.79 Å². The summed E-state index contributed by atoms with van der Waals surface area (Å²) in [5, 5.41) is 12.4. The molecule has 0 bridgehead atoms. The first-order chi connectivity index (χ1) is 18.2. The second-order valence-electron chi connectivity index (χ2n) is 9.50. The van der Waals surface area contributed by atoms with E-state index < -0.39 is 29.8 Å². The van der Waals surface area contributed by atoms with E-state index in [0.29, 0.717) is 11.1 Å². The van der Waals surface area contributed by atoms with Crippen molar-refractivity contribution in [3.8, 4) is 17.0 Å². The smallest absolute Gasteiger partial charge is 0.321 e. The van der Waals surface area contributed by atoms with Crippen LogP contribution in [0.25, 0.3) is 11.1 Å². The van der Waals surface area contributed by atoms with Crippen molar-refractivity contribution in [2.24, 2.45) is 5.92 Å². The lowest BCUT2D eigenvalue weighted by Crippen LogP contribution is -2.50. The first kappa shape index (κ1) is 27.0. The number of halogens is 2. The van der Waals surface area contributed by atoms with Crippen molar-refractivity contribution in [3.05, 3.63) is 78.0 Å². The number of hydrogen-bond acceptors (Lipinski definition) is 5. The number of carbonyl (C=O) groups excluding carboxylic acids is 2. The van der Waals surface area contributed by atoms with Crippen LogP contribution in [0.1, 0.15) is 24.2 Å². The second kappa shape index (κ2) is 11.6. The van der Waals surface area contributed by atoms with Gasteiger partial charge in [0.15, 0.2) is 0 Å². The number of para-hydroxylation sites is 1. The second-order valence-corrected chi connectivity index (χ2v) is 9.50. The van der Waals surface area contributed by atoms with Crippen LogP contribution in [-0.2, 0) is 0 Å². The molecule has 3 atom stereocenters. The summed E-state index contributed by atoms with van der Waals surface area (Å²) in [4.78, 5) is 33.7. The molecule has 8 nitrogen and oxygen atoms in total. The molecule has 0 unspecified atom stereocenters. The van der Waals surface area contributed by atoms with E-state index in [-0.39, 0.29) is 48.7 Å². The Kier molecular flexibility index (Phi) is 8.21. The number of hydrogen-bond donors (Lipinski definition) is 2. The number of rotatable bonds is 6. The predicted octanol–water partition coefficient (Wildman–Crippen LogP) is 4.41. The standard InChI is InChI=1S/C28H30F2N4O4/c1-17-14-34(18(2)16-35)27(36)22-12-20(19-7-6-8-21(29)11-19)13-31-26(22)38-25(17)15-33(3)28(37)32-24-10-5-4-9-23(24)30/h4-13,17-18,25,35H,14-16H2,1-3H3,(H,32,37)/t17-,18-,25+/m1/s1. The molecule has 1 aromatic heterocycles. The Balaban J connectivity index is 1.64. The van der Waals surface area contributed by atoms with Gasteiger partial charge >= 0.3 is 6.03 Å². The third-order valence-electron chi connectivity index (χ3n) is 6.59. The molecule has 1 aliphatic rings. The Morgan fingerprint density at radius 3 is 2.68 bits per heavy atom. The van der Waals surface area contributed by atoms with E-state index in [1.54, 1.807) is 43.1 Å². The van der Waals surface area contributed by atoms with Crippen LogP contribution in [0.15, 0.2) is 60.8 Å². The number of amides is 3. The van der Waals surface area contributed by atoms with Crippen LogP contribution in [0.2, 0.25) is 0 Å². The minimum Gasteiger partial charge on any atom is -0.472 e. The lowest BCUT2D eigenvalue weighted by atomic mass is 9.99. The van der Waals surface area contributed by atoms with E-state index in [0.717, 1.165) is 0 Å². The summed E-state index contributed by atoms with van der Waals surface area (Å²) in [5.41, 5.74) is 1.30. The SMILES string of the molecule is C[C@@H]1CN([C@H](C)CO)C(=O)c2cc(-c3cccc(F)c3)cnc2O[C@H]1CN(C)C(=O)Nc1ccccc1F. The fraction of sp³-hybridized carbons (Fsp3) is 0.321. The van der Waals surface area contributed by atoms with Gasteiger partial charge in [-0.15, -0.1) is 0 Å². The van der Waals surface area contributed by atoms with Crippen molar-refractivity contribution >= 4 is 17.6 Å². The maximum absolute atomic E-state index is 14.0. The molecule has 4 rings (SSSR count). The highest BCUT2D eigenvalue weighted by Gasteiger charge is 2.35. The topological polar surface area (TPSA) is 95.0 Å². The highest BCUT2D eigenvalue weighted by Crippen LogP contribution is 2.30. The summed E-state index contributed by atoms with van der Waals surface area (Å²) < 4.78 is 34.1. The van der Waals surface area contributed by atoms with Gasteiger partial charge in [0.1, 0.15) is 23.3 Å². The highest BCUT2D eigenvalue weighted by molar-refractivity contribution is 5.98. The van der Waals surface area contributed by atoms with Crippen LogP contribution in [0.5, 0.6) is 5.88 Å². The summed E-state index contributed by atoms with van der Waals surface area (Å²) in [7, 11) is 1.56. The summed E-state index contributed by atoms with van der Waals surface area (Å²) >= 11 is 0. The Labute approximate surface area is 219 Å². The first-order valence-corrected chi connectivity index (χ1v) is 12.3. The first-order valence-electron chi connectivity index (χ1n) is 12.3. The number of ether oxygens (including phenoxy) is 1. The minimum absolute atomic E-state index is 0.0569. The maximum Gasteiger partial charge on any atom is 0.321 e. The number of aliphatic hydroxyl groups excluding tert-OH is 1. The van der Waals surface area contributed by atoms with E-state index in [1.807, 2.05) is 6.92 Å². The van der Waals surface area contributed by atoms with Crippen molar-refractivity contribution in [1.82, 2.24) is 14.8 Å². The summed E-state index contributed by atoms with van der Waals surface area (Å²) in [6, 6.07) is 12.4. The summed E-state index contributed by atoms with van der Waals surface area (Å²) in [6.07, 6.45) is 0.915. The largest absolute Gasteiger partial charge is 0.472 e. The normalized spacial score (nSPS) is 18.1. The molecule has 0 saturated heterocycles. The zero-order valence-electron chi connectivity index (χ0n) is 21.4. The molecular weight excluding hydrogens is 494 g/mol. The maximum atomic E-state index is 14.0. The van der Waals surface area contributed by atoms with Gasteiger partial charge in [-0.05, 0) is 42.8 Å². The molecule has 38 heavy (non-hydrogen) atoms. The quantitative estimate of drug-likeness (QED) is 0.498. The number of urea groups is 1. The van der Waals surface area contributed by atoms with Gasteiger partial charge in [-0.25, -0.2) is 18.6 Å². The number of carbonyl (C=O) groups is 2. The average molecular weight is 525 g/mol. The fourth-order valence-corrected chi connectivity index (χ4v) is 4.27. The van der Waals surface area contributed by atoms with E-state index in [4.69, 9.17) is 4.74 Å². The molecular formula is C28H30F2N4O4. The van der Waals surface area contributed by atoms with Gasteiger partial charge in [-0.1, -0.05) is 31.2 Å². The van der Waals surface area contributed by atoms with Gasteiger partial charge < -0.3 is 25.0 Å². The van der Waals surface area contributed by atoms with Crippen molar-refractivity contribution in [3.63, 3.8) is 0 Å². The van der Waals surface area contributed by atoms with Gasteiger partial charge in [0.25, 0.3) is 5.91 Å². The molecule has 0 aliphatic carbocycles. The number of nitrogens with zero attached hydrogens (tertiary/aromatic N) is 3. The van der Waals surface area contributed by atoms with Crippen molar-refractivity contribution in [1.29, 1.82) is 0 Å². The molecule has 0 saturated carbocycles. The third-order valence-corrected chi connectivity index (χ3v) is 6.59. The predicted molar refractivity (Wildman–Crippen MR) is 139 cm³/mol. The van der Waals surface area contributed by atoms with Crippen LogP contribution < -0.4 is 10.1 Å². The fourth-order valence-electron chi connectivity index (χ4n) is 4.27. The summed E-state index contributed by atoms with van der Waals surface area (Å²) in [5.74, 6) is -1.52. The number of nitrogens with one attached hydrogen (secondary N) is 1. The van der Waals surface area contributed by atoms with Crippen LogP contribution >= 0.6 is 0 Å². The zero-order chi connectivity index (χ0) is 27.4. The van der Waals surface area contributed by atoms with E-state index >= 15 is 0 Å². The average Bonchev–Trinajstić information content (AvgIpc) is 2.91. The van der Waals surface area contributed by atoms with E-state index in [1.165, 1.54) is 41.4 Å². The molecule has 1 aliphatic heterocycles. The Morgan fingerprint density at radius 2 is 1.97 bits per heavy atom. The molecule has 0 fully saturated rings. The molecule has 0 spiro atoms. The molecule has 2 heterocycles. The third kappa shape index (κ3) is 5.91. The molecule has 3 aromatic rings. The van der Waals surface area contributed by atoms with Crippen LogP contribution in [-0.4, -0.2) is 70.7 Å². The van der Waals surface area contributed by atoms with Gasteiger partial charge in [0.05, 0.1) is 24.9 Å². The number of fused-ring (bicyclic) bond motifs is 1. The summed E-state index contributed by atoms with van der Waals surface area (Å²) in [6.45, 7) is 3.73. The van der Waals surface area contributed by atoms with Crippen LogP contribution in [0.3, 0.4) is 0 Å². The molecule has 0 radical (unpaired) electrons. The molecule has 2 aromatic carbocycles. The molecule has 10 heteroatoms. The number of pyridine rings is 1. The molecule has 3 amide bonds. The highest BCUT2D eigenvalue weighted by atomic mass is 19.1. The number of aromatic nitrogens is 1. The number of likely N-dealkylation sites (N-methyl/N-ethyl adjacent to an activating group) is 1. The van der Waals surface area contributed by atoms with Gasteiger partial charge in [0.2, 0.25) is 5.88 Å². The monoisotopic (exact) mass is 524 g/mol. The van der Waals surface area contributed by atoms with Crippen molar-refractivity contribution in [2.45, 2.75) is 26.0 Å². The van der Waals surface area contributed by atoms with E-state index in [2.05, 4.69) is 10.3 Å². The molecule has 200 valence electrons. The van der Waals surface area contributed by atoms with Crippen molar-refractivity contribution < 1.29 is 28.2 Å². The minimum atomic E-state index is -0.584. The Bertz CT molecular complexity index is 1320. The van der Waals surface area contributed by atoms with Gasteiger partial charge in [-0.2, -0.15) is 0 Å². The Morgan fingerprint density at radius 1 is 1.21 bits per heavy atom.